The molecule has 96 valence electrons. The standard InChI is InChI=1S/C10H12F3NO3/c1-2-16-9(15)8-4-3-5-14(8)6-7-17-10(11,12)13/h3-5H,2,6-7H2,1H3. The van der Waals surface area contributed by atoms with Gasteiger partial charge in [-0.15, -0.1) is 13.2 Å². The molecule has 0 amide bonds. The van der Waals surface area contributed by atoms with E-state index < -0.39 is 18.9 Å². The highest BCUT2D eigenvalue weighted by Crippen LogP contribution is 2.16. The van der Waals surface area contributed by atoms with E-state index in [-0.39, 0.29) is 18.8 Å². The van der Waals surface area contributed by atoms with Gasteiger partial charge in [-0.1, -0.05) is 0 Å². The Labute approximate surface area is 95.9 Å². The molecule has 1 aromatic heterocycles. The van der Waals surface area contributed by atoms with E-state index in [9.17, 15) is 18.0 Å². The number of ether oxygens (including phenoxy) is 2. The van der Waals surface area contributed by atoms with Crippen LogP contribution in [-0.4, -0.2) is 30.1 Å². The number of halogens is 3. The molecule has 0 bridgehead atoms. The summed E-state index contributed by atoms with van der Waals surface area (Å²) >= 11 is 0. The van der Waals surface area contributed by atoms with Crippen molar-refractivity contribution in [2.24, 2.45) is 0 Å². The molecule has 0 aliphatic heterocycles. The highest BCUT2D eigenvalue weighted by Gasteiger charge is 2.28. The predicted octanol–water partition coefficient (Wildman–Crippen LogP) is 2.20. The van der Waals surface area contributed by atoms with E-state index in [4.69, 9.17) is 4.74 Å². The van der Waals surface area contributed by atoms with Crippen LogP contribution in [0.2, 0.25) is 0 Å². The second kappa shape index (κ2) is 5.72. The van der Waals surface area contributed by atoms with E-state index >= 15 is 0 Å². The first kappa shape index (κ1) is 13.6. The van der Waals surface area contributed by atoms with Gasteiger partial charge < -0.3 is 9.30 Å². The topological polar surface area (TPSA) is 40.5 Å². The minimum absolute atomic E-state index is 0.0688. The molecule has 0 saturated carbocycles. The van der Waals surface area contributed by atoms with Crippen molar-refractivity contribution in [3.63, 3.8) is 0 Å². The Hall–Kier alpha value is -1.50. The fourth-order valence-corrected chi connectivity index (χ4v) is 1.26. The molecule has 0 fully saturated rings. The van der Waals surface area contributed by atoms with Gasteiger partial charge in [0.1, 0.15) is 5.69 Å². The molecular weight excluding hydrogens is 239 g/mol. The number of esters is 1. The van der Waals surface area contributed by atoms with Crippen LogP contribution in [0.3, 0.4) is 0 Å². The molecule has 0 aromatic carbocycles. The van der Waals surface area contributed by atoms with Crippen LogP contribution in [0.1, 0.15) is 17.4 Å². The summed E-state index contributed by atoms with van der Waals surface area (Å²) in [7, 11) is 0. The van der Waals surface area contributed by atoms with E-state index in [1.807, 2.05) is 0 Å². The number of hydrogen-bond acceptors (Lipinski definition) is 3. The molecule has 17 heavy (non-hydrogen) atoms. The van der Waals surface area contributed by atoms with Gasteiger partial charge in [-0.05, 0) is 19.1 Å². The maximum Gasteiger partial charge on any atom is 0.522 e. The van der Waals surface area contributed by atoms with Crippen LogP contribution in [0.15, 0.2) is 18.3 Å². The minimum atomic E-state index is -4.66. The van der Waals surface area contributed by atoms with Crippen LogP contribution in [0, 0.1) is 0 Å². The molecule has 0 aliphatic carbocycles. The summed E-state index contributed by atoms with van der Waals surface area (Å²) < 4.78 is 44.9. The highest BCUT2D eigenvalue weighted by atomic mass is 19.4. The van der Waals surface area contributed by atoms with Crippen LogP contribution in [0.4, 0.5) is 13.2 Å². The second-order valence-electron chi connectivity index (χ2n) is 3.10. The van der Waals surface area contributed by atoms with E-state index in [2.05, 4.69) is 4.74 Å². The summed E-state index contributed by atoms with van der Waals surface area (Å²) in [4.78, 5) is 11.4. The van der Waals surface area contributed by atoms with Crippen molar-refractivity contribution in [2.75, 3.05) is 13.2 Å². The summed E-state index contributed by atoms with van der Waals surface area (Å²) in [5.74, 6) is -0.565. The van der Waals surface area contributed by atoms with Crippen molar-refractivity contribution in [3.8, 4) is 0 Å². The predicted molar refractivity (Wildman–Crippen MR) is 52.4 cm³/mol. The molecule has 0 spiro atoms. The Balaban J connectivity index is 2.54. The smallest absolute Gasteiger partial charge is 0.461 e. The number of aromatic nitrogens is 1. The zero-order chi connectivity index (χ0) is 12.9. The van der Waals surface area contributed by atoms with E-state index in [1.165, 1.54) is 16.8 Å². The van der Waals surface area contributed by atoms with Crippen molar-refractivity contribution >= 4 is 5.97 Å². The third-order valence-electron chi connectivity index (χ3n) is 1.91. The lowest BCUT2D eigenvalue weighted by atomic mass is 10.4. The summed E-state index contributed by atoms with van der Waals surface area (Å²) in [5.41, 5.74) is 0.206. The number of carbonyl (C=O) groups excluding carboxylic acids is 1. The van der Waals surface area contributed by atoms with Crippen molar-refractivity contribution in [1.82, 2.24) is 4.57 Å². The lowest BCUT2D eigenvalue weighted by Crippen LogP contribution is -2.19. The van der Waals surface area contributed by atoms with Crippen molar-refractivity contribution < 1.29 is 27.4 Å². The molecule has 0 radical (unpaired) electrons. The molecule has 0 aliphatic rings. The zero-order valence-electron chi connectivity index (χ0n) is 9.16. The maximum atomic E-state index is 11.7. The van der Waals surface area contributed by atoms with E-state index in [1.54, 1.807) is 13.0 Å². The van der Waals surface area contributed by atoms with Gasteiger partial charge in [-0.3, -0.25) is 4.74 Å². The van der Waals surface area contributed by atoms with Crippen LogP contribution >= 0.6 is 0 Å². The number of alkyl halides is 3. The number of rotatable bonds is 5. The van der Waals surface area contributed by atoms with Gasteiger partial charge >= 0.3 is 12.3 Å². The van der Waals surface area contributed by atoms with Crippen molar-refractivity contribution in [2.45, 2.75) is 19.8 Å². The Bertz CT molecular complexity index is 373. The van der Waals surface area contributed by atoms with Gasteiger partial charge in [0.15, 0.2) is 0 Å². The van der Waals surface area contributed by atoms with E-state index in [0.29, 0.717) is 0 Å². The number of nitrogens with zero attached hydrogens (tertiary/aromatic N) is 1. The Kier molecular flexibility index (Phi) is 4.56. The van der Waals surface area contributed by atoms with Gasteiger partial charge in [0.05, 0.1) is 13.2 Å². The zero-order valence-corrected chi connectivity index (χ0v) is 9.16. The first-order valence-corrected chi connectivity index (χ1v) is 4.97. The fraction of sp³-hybridized carbons (Fsp3) is 0.500. The van der Waals surface area contributed by atoms with Crippen LogP contribution in [0.25, 0.3) is 0 Å². The maximum absolute atomic E-state index is 11.7. The summed E-state index contributed by atoms with van der Waals surface area (Å²) in [6.07, 6.45) is -3.16. The number of carbonyl (C=O) groups is 1. The Morgan fingerprint density at radius 1 is 1.47 bits per heavy atom. The normalized spacial score (nSPS) is 11.5. The molecule has 1 aromatic rings. The SMILES string of the molecule is CCOC(=O)c1cccn1CCOC(F)(F)F. The lowest BCUT2D eigenvalue weighted by Gasteiger charge is -2.10. The third kappa shape index (κ3) is 4.48. The fourth-order valence-electron chi connectivity index (χ4n) is 1.26. The van der Waals surface area contributed by atoms with Gasteiger partial charge in [-0.25, -0.2) is 4.79 Å². The van der Waals surface area contributed by atoms with Gasteiger partial charge in [0, 0.05) is 12.7 Å². The molecule has 1 rings (SSSR count). The monoisotopic (exact) mass is 251 g/mol. The van der Waals surface area contributed by atoms with Crippen molar-refractivity contribution in [1.29, 1.82) is 0 Å². The molecule has 0 saturated heterocycles. The molecule has 1 heterocycles. The minimum Gasteiger partial charge on any atom is -0.461 e. The van der Waals surface area contributed by atoms with Gasteiger partial charge in [0.25, 0.3) is 0 Å². The van der Waals surface area contributed by atoms with Crippen LogP contribution in [0.5, 0.6) is 0 Å². The molecular formula is C10H12F3NO3. The molecule has 7 heteroatoms. The van der Waals surface area contributed by atoms with Crippen LogP contribution < -0.4 is 0 Å². The molecule has 4 nitrogen and oxygen atoms in total. The van der Waals surface area contributed by atoms with Crippen molar-refractivity contribution in [3.05, 3.63) is 24.0 Å². The molecule has 0 atom stereocenters. The average Bonchev–Trinajstić information content (AvgIpc) is 2.64. The highest BCUT2D eigenvalue weighted by molar-refractivity contribution is 5.87. The quantitative estimate of drug-likeness (QED) is 0.753. The summed E-state index contributed by atoms with van der Waals surface area (Å²) in [6, 6.07) is 3.03. The average molecular weight is 251 g/mol. The summed E-state index contributed by atoms with van der Waals surface area (Å²) in [5, 5.41) is 0. The first-order chi connectivity index (χ1) is 7.94. The van der Waals surface area contributed by atoms with Gasteiger partial charge in [0.2, 0.25) is 0 Å². The first-order valence-electron chi connectivity index (χ1n) is 4.97. The Morgan fingerprint density at radius 2 is 2.18 bits per heavy atom. The van der Waals surface area contributed by atoms with E-state index in [0.717, 1.165) is 0 Å². The van der Waals surface area contributed by atoms with Gasteiger partial charge in [-0.2, -0.15) is 0 Å². The Morgan fingerprint density at radius 3 is 2.76 bits per heavy atom. The van der Waals surface area contributed by atoms with Crippen LogP contribution in [-0.2, 0) is 16.0 Å². The molecule has 0 N–H and O–H groups in total. The summed E-state index contributed by atoms with van der Waals surface area (Å²) in [6.45, 7) is 1.24. The second-order valence-corrected chi connectivity index (χ2v) is 3.10. The number of hydrogen-bond donors (Lipinski definition) is 0. The largest absolute Gasteiger partial charge is 0.522 e. The molecule has 0 unspecified atom stereocenters. The lowest BCUT2D eigenvalue weighted by molar-refractivity contribution is -0.325. The third-order valence-corrected chi connectivity index (χ3v) is 1.91.